The molecule has 0 spiro atoms. The molecular formula is C18H28N4O3Si. The minimum atomic E-state index is -1.92. The molecule has 0 saturated carbocycles. The number of benzene rings is 1. The van der Waals surface area contributed by atoms with Crippen molar-refractivity contribution in [2.24, 2.45) is 5.73 Å². The average Bonchev–Trinajstić information content (AvgIpc) is 2.86. The lowest BCUT2D eigenvalue weighted by Crippen LogP contribution is -2.49. The number of carbonyl (C=O) groups excluding carboxylic acids is 1. The van der Waals surface area contributed by atoms with E-state index >= 15 is 0 Å². The molecule has 0 aliphatic carbocycles. The van der Waals surface area contributed by atoms with E-state index in [2.05, 4.69) is 45.8 Å². The van der Waals surface area contributed by atoms with Gasteiger partial charge in [-0.3, -0.25) is 9.36 Å². The molecule has 1 unspecified atom stereocenters. The zero-order valence-corrected chi connectivity index (χ0v) is 17.3. The molecule has 1 aromatic heterocycles. The van der Waals surface area contributed by atoms with Gasteiger partial charge >= 0.3 is 0 Å². The van der Waals surface area contributed by atoms with Crippen LogP contribution in [0.15, 0.2) is 12.1 Å². The Bertz CT molecular complexity index is 885. The van der Waals surface area contributed by atoms with E-state index in [0.29, 0.717) is 36.0 Å². The zero-order chi connectivity index (χ0) is 19.5. The highest BCUT2D eigenvalue weighted by Gasteiger charge is 2.42. The van der Waals surface area contributed by atoms with Crippen LogP contribution < -0.4 is 16.2 Å². The molecule has 7 nitrogen and oxygen atoms in total. The standard InChI is InChI=1S/C18H28N4O3Si/c1-17(2,3)26(5,6)25-10-18(4)9-24-13-8-11(15(19)23)7-12-14(13)22(18)16(20)21-12/h7-8H,9-10H2,1-6H3,(H2,19,23)(H2,20,21). The van der Waals surface area contributed by atoms with E-state index < -0.39 is 19.8 Å². The first-order valence-corrected chi connectivity index (χ1v) is 11.7. The summed E-state index contributed by atoms with van der Waals surface area (Å²) in [5.41, 5.74) is 12.9. The maximum absolute atomic E-state index is 11.5. The molecule has 2 heterocycles. The van der Waals surface area contributed by atoms with Crippen molar-refractivity contribution in [3.63, 3.8) is 0 Å². The Hall–Kier alpha value is -2.06. The van der Waals surface area contributed by atoms with Crippen LogP contribution in [0.3, 0.4) is 0 Å². The van der Waals surface area contributed by atoms with Crippen LogP contribution in [-0.2, 0) is 9.96 Å². The molecule has 0 fully saturated rings. The van der Waals surface area contributed by atoms with Crippen molar-refractivity contribution < 1.29 is 14.0 Å². The predicted molar refractivity (Wildman–Crippen MR) is 105 cm³/mol. The number of carbonyl (C=O) groups is 1. The van der Waals surface area contributed by atoms with Crippen LogP contribution in [0.5, 0.6) is 5.75 Å². The Morgan fingerprint density at radius 1 is 1.42 bits per heavy atom. The molecule has 1 atom stereocenters. The summed E-state index contributed by atoms with van der Waals surface area (Å²) in [6.07, 6.45) is 0. The van der Waals surface area contributed by atoms with Gasteiger partial charge in [0.05, 0.1) is 12.1 Å². The van der Waals surface area contributed by atoms with Crippen LogP contribution in [0.25, 0.3) is 11.0 Å². The highest BCUT2D eigenvalue weighted by atomic mass is 28.4. The van der Waals surface area contributed by atoms with Crippen molar-refractivity contribution in [3.05, 3.63) is 17.7 Å². The van der Waals surface area contributed by atoms with Gasteiger partial charge < -0.3 is 20.6 Å². The first-order valence-electron chi connectivity index (χ1n) is 8.75. The topological polar surface area (TPSA) is 105 Å². The van der Waals surface area contributed by atoms with Gasteiger partial charge in [-0.15, -0.1) is 0 Å². The number of hydrogen-bond donors (Lipinski definition) is 2. The lowest BCUT2D eigenvalue weighted by molar-refractivity contribution is 0.0883. The number of nitrogens with zero attached hydrogens (tertiary/aromatic N) is 2. The fraction of sp³-hybridized carbons (Fsp3) is 0.556. The quantitative estimate of drug-likeness (QED) is 0.798. The van der Waals surface area contributed by atoms with Crippen molar-refractivity contribution in [2.75, 3.05) is 18.9 Å². The molecule has 142 valence electrons. The monoisotopic (exact) mass is 376 g/mol. The van der Waals surface area contributed by atoms with Crippen LogP contribution in [0.2, 0.25) is 18.1 Å². The highest BCUT2D eigenvalue weighted by Crippen LogP contribution is 2.41. The first-order chi connectivity index (χ1) is 11.9. The molecule has 1 aromatic carbocycles. The third-order valence-electron chi connectivity index (χ3n) is 5.66. The van der Waals surface area contributed by atoms with Crippen molar-refractivity contribution in [2.45, 2.75) is 51.4 Å². The second kappa shape index (κ2) is 5.72. The second-order valence-corrected chi connectivity index (χ2v) is 13.7. The normalized spacial score (nSPS) is 20.2. The Kier molecular flexibility index (Phi) is 4.12. The summed E-state index contributed by atoms with van der Waals surface area (Å²) in [7, 11) is -1.92. The number of amides is 1. The van der Waals surface area contributed by atoms with Crippen LogP contribution in [0.1, 0.15) is 38.1 Å². The number of ether oxygens (including phenoxy) is 1. The number of nitrogens with two attached hydrogens (primary N) is 2. The fourth-order valence-corrected chi connectivity index (χ4v) is 4.05. The molecule has 8 heteroatoms. The number of rotatable bonds is 4. The Balaban J connectivity index is 2.03. The van der Waals surface area contributed by atoms with E-state index in [1.165, 1.54) is 0 Å². The van der Waals surface area contributed by atoms with E-state index in [4.69, 9.17) is 20.6 Å². The average molecular weight is 377 g/mol. The van der Waals surface area contributed by atoms with Crippen molar-refractivity contribution in [1.29, 1.82) is 0 Å². The number of nitrogen functional groups attached to an aromatic ring is 1. The number of anilines is 1. The smallest absolute Gasteiger partial charge is 0.248 e. The number of primary amides is 1. The lowest BCUT2D eigenvalue weighted by Gasteiger charge is -2.42. The molecule has 0 saturated heterocycles. The largest absolute Gasteiger partial charge is 0.489 e. The minimum Gasteiger partial charge on any atom is -0.489 e. The van der Waals surface area contributed by atoms with E-state index in [0.717, 1.165) is 5.52 Å². The second-order valence-electron chi connectivity index (χ2n) is 8.85. The molecule has 0 bridgehead atoms. The van der Waals surface area contributed by atoms with Crippen molar-refractivity contribution >= 4 is 31.2 Å². The molecule has 1 aliphatic heterocycles. The third kappa shape index (κ3) is 2.86. The van der Waals surface area contributed by atoms with E-state index in [9.17, 15) is 4.79 Å². The zero-order valence-electron chi connectivity index (χ0n) is 16.3. The molecule has 1 amide bonds. The van der Waals surface area contributed by atoms with E-state index in [1.54, 1.807) is 12.1 Å². The van der Waals surface area contributed by atoms with Gasteiger partial charge in [-0.05, 0) is 37.2 Å². The van der Waals surface area contributed by atoms with Gasteiger partial charge in [0.15, 0.2) is 8.32 Å². The maximum atomic E-state index is 11.5. The third-order valence-corrected chi connectivity index (χ3v) is 10.1. The molecule has 3 rings (SSSR count). The number of imidazole rings is 1. The summed E-state index contributed by atoms with van der Waals surface area (Å²) in [6.45, 7) is 14.0. The maximum Gasteiger partial charge on any atom is 0.248 e. The van der Waals surface area contributed by atoms with Gasteiger partial charge in [0.1, 0.15) is 23.4 Å². The first kappa shape index (κ1) is 18.7. The fourth-order valence-electron chi connectivity index (χ4n) is 2.95. The van der Waals surface area contributed by atoms with Crippen LogP contribution in [0, 0.1) is 0 Å². The van der Waals surface area contributed by atoms with Crippen molar-refractivity contribution in [1.82, 2.24) is 9.55 Å². The molecule has 4 N–H and O–H groups in total. The predicted octanol–water partition coefficient (Wildman–Crippen LogP) is 2.85. The highest BCUT2D eigenvalue weighted by molar-refractivity contribution is 6.74. The lowest BCUT2D eigenvalue weighted by atomic mass is 10.0. The Morgan fingerprint density at radius 3 is 2.65 bits per heavy atom. The number of hydrogen-bond acceptors (Lipinski definition) is 5. The number of aromatic nitrogens is 2. The van der Waals surface area contributed by atoms with E-state index in [1.807, 2.05) is 4.57 Å². The van der Waals surface area contributed by atoms with Gasteiger partial charge in [-0.1, -0.05) is 20.8 Å². The molecule has 26 heavy (non-hydrogen) atoms. The van der Waals surface area contributed by atoms with Gasteiger partial charge in [-0.25, -0.2) is 4.98 Å². The summed E-state index contributed by atoms with van der Waals surface area (Å²) < 4.78 is 14.4. The van der Waals surface area contributed by atoms with Gasteiger partial charge in [0.25, 0.3) is 0 Å². The summed E-state index contributed by atoms with van der Waals surface area (Å²) in [5.74, 6) is 0.437. The van der Waals surface area contributed by atoms with Gasteiger partial charge in [0, 0.05) is 5.56 Å². The molecule has 1 aliphatic rings. The van der Waals surface area contributed by atoms with E-state index in [-0.39, 0.29) is 5.04 Å². The molecular weight excluding hydrogens is 348 g/mol. The van der Waals surface area contributed by atoms with Gasteiger partial charge in [0.2, 0.25) is 11.9 Å². The van der Waals surface area contributed by atoms with Crippen LogP contribution in [-0.4, -0.2) is 37.0 Å². The Morgan fingerprint density at radius 2 is 2.08 bits per heavy atom. The Labute approximate surface area is 154 Å². The minimum absolute atomic E-state index is 0.114. The van der Waals surface area contributed by atoms with Crippen LogP contribution in [0.4, 0.5) is 5.95 Å². The summed E-state index contributed by atoms with van der Waals surface area (Å²) in [6, 6.07) is 3.30. The summed E-state index contributed by atoms with van der Waals surface area (Å²) in [4.78, 5) is 16.0. The van der Waals surface area contributed by atoms with Crippen molar-refractivity contribution in [3.8, 4) is 5.75 Å². The van der Waals surface area contributed by atoms with Gasteiger partial charge in [-0.2, -0.15) is 0 Å². The van der Waals surface area contributed by atoms with Crippen LogP contribution >= 0.6 is 0 Å². The summed E-state index contributed by atoms with van der Waals surface area (Å²) >= 11 is 0. The summed E-state index contributed by atoms with van der Waals surface area (Å²) in [5, 5.41) is 0.114. The SMILES string of the molecule is CC1(CO[Si](C)(C)C(C)(C)C)COc2cc(C(N)=O)cc3nc(N)n1c23. The molecule has 2 aromatic rings. The molecule has 0 radical (unpaired) electrons.